The molecule has 0 radical (unpaired) electrons. The van der Waals surface area contributed by atoms with Crippen LogP contribution in [0.3, 0.4) is 0 Å². The Kier molecular flexibility index (Phi) is 5.33. The first-order valence-corrected chi connectivity index (χ1v) is 9.80. The molecule has 1 aliphatic heterocycles. The molecule has 1 saturated heterocycles. The quantitative estimate of drug-likeness (QED) is 0.384. The number of carbonyl (C=O) groups is 2. The van der Waals surface area contributed by atoms with Crippen molar-refractivity contribution in [3.8, 4) is 5.75 Å². The Balaban J connectivity index is 1.85. The summed E-state index contributed by atoms with van der Waals surface area (Å²) < 4.78 is 11.0. The zero-order valence-corrected chi connectivity index (χ0v) is 17.5. The lowest BCUT2D eigenvalue weighted by Crippen LogP contribution is -2.29. The van der Waals surface area contributed by atoms with Crippen molar-refractivity contribution < 1.29 is 23.8 Å². The van der Waals surface area contributed by atoms with Gasteiger partial charge in [-0.3, -0.25) is 14.6 Å². The van der Waals surface area contributed by atoms with E-state index < -0.39 is 17.7 Å². The molecule has 0 saturated carbocycles. The molecular formula is C24H22N2O5. The molecule has 1 aliphatic rings. The molecule has 3 aromatic rings. The van der Waals surface area contributed by atoms with Crippen molar-refractivity contribution in [3.63, 3.8) is 0 Å². The second-order valence-electron chi connectivity index (χ2n) is 7.38. The minimum absolute atomic E-state index is 0.0140. The number of ketones is 1. The number of likely N-dealkylation sites (tertiary alicyclic amines) is 1. The number of aliphatic hydroxyl groups excluding tert-OH is 1. The van der Waals surface area contributed by atoms with Gasteiger partial charge in [0, 0.05) is 11.8 Å². The van der Waals surface area contributed by atoms with Crippen molar-refractivity contribution in [1.29, 1.82) is 0 Å². The monoisotopic (exact) mass is 418 g/mol. The molecule has 1 fully saturated rings. The largest absolute Gasteiger partial charge is 0.507 e. The second-order valence-corrected chi connectivity index (χ2v) is 7.38. The molecule has 1 unspecified atom stereocenters. The number of aliphatic hydroxyl groups is 1. The number of rotatable bonds is 5. The summed E-state index contributed by atoms with van der Waals surface area (Å²) in [5.74, 6) is -0.0346. The number of methoxy groups -OCH3 is 1. The molecule has 7 nitrogen and oxygen atoms in total. The number of amides is 1. The van der Waals surface area contributed by atoms with Gasteiger partial charge in [-0.2, -0.15) is 0 Å². The van der Waals surface area contributed by atoms with Gasteiger partial charge in [0.15, 0.2) is 0 Å². The molecule has 31 heavy (non-hydrogen) atoms. The molecule has 1 aromatic carbocycles. The Labute approximate surface area is 179 Å². The molecule has 0 spiro atoms. The van der Waals surface area contributed by atoms with Crippen LogP contribution in [0, 0.1) is 13.8 Å². The highest BCUT2D eigenvalue weighted by atomic mass is 16.5. The Morgan fingerprint density at radius 1 is 1.16 bits per heavy atom. The number of pyridine rings is 1. The third kappa shape index (κ3) is 3.70. The highest BCUT2D eigenvalue weighted by molar-refractivity contribution is 6.46. The van der Waals surface area contributed by atoms with Crippen molar-refractivity contribution in [2.24, 2.45) is 0 Å². The maximum Gasteiger partial charge on any atom is 0.296 e. The molecule has 3 heterocycles. The number of carbonyl (C=O) groups excluding carboxylic acids is 2. The van der Waals surface area contributed by atoms with E-state index in [1.54, 1.807) is 62.7 Å². The molecule has 0 aliphatic carbocycles. The van der Waals surface area contributed by atoms with E-state index in [2.05, 4.69) is 4.98 Å². The van der Waals surface area contributed by atoms with Gasteiger partial charge < -0.3 is 19.2 Å². The van der Waals surface area contributed by atoms with E-state index in [-0.39, 0.29) is 17.9 Å². The highest BCUT2D eigenvalue weighted by Crippen LogP contribution is 2.41. The molecule has 0 bridgehead atoms. The second kappa shape index (κ2) is 8.10. The lowest BCUT2D eigenvalue weighted by molar-refractivity contribution is -0.140. The standard InChI is InChI=1S/C24H22N2O5/c1-14-12-16(8-10-18(14)30-3)22(27)20-21(19-9-7-15(2)31-19)26(24(29)23(20)28)13-17-6-4-5-11-25-17/h4-12,21,27H,13H2,1-3H3/b22-20-. The summed E-state index contributed by atoms with van der Waals surface area (Å²) in [6.07, 6.45) is 1.62. The van der Waals surface area contributed by atoms with Crippen LogP contribution in [-0.2, 0) is 16.1 Å². The minimum atomic E-state index is -0.863. The van der Waals surface area contributed by atoms with Crippen LogP contribution in [0.4, 0.5) is 0 Å². The molecular weight excluding hydrogens is 396 g/mol. The summed E-state index contributed by atoms with van der Waals surface area (Å²) in [6.45, 7) is 3.72. The predicted molar refractivity (Wildman–Crippen MR) is 113 cm³/mol. The fourth-order valence-electron chi connectivity index (χ4n) is 3.79. The van der Waals surface area contributed by atoms with Crippen molar-refractivity contribution in [2.45, 2.75) is 26.4 Å². The van der Waals surface area contributed by atoms with E-state index in [0.717, 1.165) is 5.56 Å². The van der Waals surface area contributed by atoms with Crippen LogP contribution in [0.25, 0.3) is 5.76 Å². The lowest BCUT2D eigenvalue weighted by atomic mass is 9.98. The SMILES string of the molecule is COc1ccc(/C(O)=C2/C(=O)C(=O)N(Cc3ccccn3)C2c2ccc(C)o2)cc1C. The maximum atomic E-state index is 13.0. The summed E-state index contributed by atoms with van der Waals surface area (Å²) in [7, 11) is 1.56. The molecule has 4 rings (SSSR count). The lowest BCUT2D eigenvalue weighted by Gasteiger charge is -2.23. The van der Waals surface area contributed by atoms with Gasteiger partial charge in [-0.05, 0) is 61.9 Å². The molecule has 7 heteroatoms. The van der Waals surface area contributed by atoms with Crippen LogP contribution < -0.4 is 4.74 Å². The zero-order valence-electron chi connectivity index (χ0n) is 17.5. The molecule has 2 aromatic heterocycles. The van der Waals surface area contributed by atoms with E-state index in [1.165, 1.54) is 4.90 Å². The van der Waals surface area contributed by atoms with Gasteiger partial charge in [0.05, 0.1) is 24.9 Å². The van der Waals surface area contributed by atoms with Gasteiger partial charge in [0.25, 0.3) is 11.7 Å². The summed E-state index contributed by atoms with van der Waals surface area (Å²) in [6, 6.07) is 13.0. The van der Waals surface area contributed by atoms with Crippen molar-refractivity contribution in [2.75, 3.05) is 7.11 Å². The summed E-state index contributed by atoms with van der Waals surface area (Å²) in [4.78, 5) is 31.6. The Morgan fingerprint density at radius 3 is 2.58 bits per heavy atom. The smallest absolute Gasteiger partial charge is 0.296 e. The number of Topliss-reactive ketones (excluding diaryl/α,β-unsaturated/α-hetero) is 1. The van der Waals surface area contributed by atoms with E-state index in [9.17, 15) is 14.7 Å². The summed E-state index contributed by atoms with van der Waals surface area (Å²) in [5, 5.41) is 11.1. The van der Waals surface area contributed by atoms with E-state index in [4.69, 9.17) is 9.15 Å². The number of hydrogen-bond donors (Lipinski definition) is 1. The number of nitrogens with zero attached hydrogens (tertiary/aromatic N) is 2. The minimum Gasteiger partial charge on any atom is -0.507 e. The Morgan fingerprint density at radius 2 is 1.97 bits per heavy atom. The predicted octanol–water partition coefficient (Wildman–Crippen LogP) is 3.92. The average Bonchev–Trinajstić information content (AvgIpc) is 3.30. The van der Waals surface area contributed by atoms with Crippen molar-refractivity contribution in [1.82, 2.24) is 9.88 Å². The van der Waals surface area contributed by atoms with E-state index in [0.29, 0.717) is 28.5 Å². The molecule has 1 amide bonds. The zero-order chi connectivity index (χ0) is 22.1. The molecule has 1 N–H and O–H groups in total. The third-order valence-electron chi connectivity index (χ3n) is 5.30. The highest BCUT2D eigenvalue weighted by Gasteiger charge is 2.47. The fourth-order valence-corrected chi connectivity index (χ4v) is 3.79. The normalized spacial score (nSPS) is 17.9. The number of hydrogen-bond acceptors (Lipinski definition) is 6. The summed E-state index contributed by atoms with van der Waals surface area (Å²) >= 11 is 0. The average molecular weight is 418 g/mol. The van der Waals surface area contributed by atoms with Crippen LogP contribution in [0.15, 0.2) is 64.7 Å². The Bertz CT molecular complexity index is 1180. The summed E-state index contributed by atoms with van der Waals surface area (Å²) in [5.41, 5.74) is 1.82. The first-order valence-electron chi connectivity index (χ1n) is 9.80. The van der Waals surface area contributed by atoms with Crippen LogP contribution in [0.2, 0.25) is 0 Å². The van der Waals surface area contributed by atoms with Crippen LogP contribution in [0.1, 0.15) is 34.4 Å². The number of benzene rings is 1. The van der Waals surface area contributed by atoms with Crippen molar-refractivity contribution in [3.05, 3.63) is 88.6 Å². The number of aryl methyl sites for hydroxylation is 2. The van der Waals surface area contributed by atoms with Crippen LogP contribution in [-0.4, -0.2) is 33.8 Å². The molecule has 158 valence electrons. The number of ether oxygens (including phenoxy) is 1. The molecule has 1 atom stereocenters. The van der Waals surface area contributed by atoms with E-state index >= 15 is 0 Å². The van der Waals surface area contributed by atoms with E-state index in [1.807, 2.05) is 13.0 Å². The van der Waals surface area contributed by atoms with Gasteiger partial charge in [-0.15, -0.1) is 0 Å². The number of aromatic nitrogens is 1. The van der Waals surface area contributed by atoms with Crippen molar-refractivity contribution >= 4 is 17.4 Å². The van der Waals surface area contributed by atoms with Gasteiger partial charge in [-0.1, -0.05) is 6.07 Å². The third-order valence-corrected chi connectivity index (χ3v) is 5.30. The van der Waals surface area contributed by atoms with Gasteiger partial charge in [-0.25, -0.2) is 0 Å². The fraction of sp³-hybridized carbons (Fsp3) is 0.208. The topological polar surface area (TPSA) is 92.9 Å². The van der Waals surface area contributed by atoms with Crippen LogP contribution >= 0.6 is 0 Å². The Hall–Kier alpha value is -3.87. The van der Waals surface area contributed by atoms with Gasteiger partial charge in [0.1, 0.15) is 29.1 Å². The van der Waals surface area contributed by atoms with Gasteiger partial charge >= 0.3 is 0 Å². The van der Waals surface area contributed by atoms with Crippen LogP contribution in [0.5, 0.6) is 5.75 Å². The maximum absolute atomic E-state index is 13.0. The van der Waals surface area contributed by atoms with Gasteiger partial charge in [0.2, 0.25) is 0 Å². The first-order chi connectivity index (χ1) is 14.9. The first kappa shape index (κ1) is 20.4. The number of furan rings is 1.